The van der Waals surface area contributed by atoms with Gasteiger partial charge >= 0.3 is 11.9 Å². The SMILES string of the molecule is CCCCOC(=O)[C@](C)(C1CCCCC1)[C@@H](C(=O)O)C1CCCCC1. The molecule has 0 spiro atoms. The maximum absolute atomic E-state index is 13.1. The molecule has 0 bridgehead atoms. The highest BCUT2D eigenvalue weighted by Gasteiger charge is 2.54. The average Bonchev–Trinajstić information content (AvgIpc) is 2.63. The number of carbonyl (C=O) groups is 2. The molecule has 0 aromatic rings. The molecule has 2 atom stereocenters. The van der Waals surface area contributed by atoms with Crippen LogP contribution < -0.4 is 0 Å². The molecular formula is C21H36O4. The maximum atomic E-state index is 13.1. The van der Waals surface area contributed by atoms with Crippen LogP contribution in [0.15, 0.2) is 0 Å². The topological polar surface area (TPSA) is 63.6 Å². The normalized spacial score (nSPS) is 23.6. The third-order valence-electron chi connectivity index (χ3n) is 6.66. The molecule has 0 heterocycles. The summed E-state index contributed by atoms with van der Waals surface area (Å²) in [4.78, 5) is 25.5. The van der Waals surface area contributed by atoms with Crippen molar-refractivity contribution in [3.05, 3.63) is 0 Å². The first-order valence-electron chi connectivity index (χ1n) is 10.4. The first kappa shape index (κ1) is 20.3. The summed E-state index contributed by atoms with van der Waals surface area (Å²) in [5.74, 6) is -1.42. The van der Waals surface area contributed by atoms with E-state index < -0.39 is 17.3 Å². The molecule has 0 amide bonds. The summed E-state index contributed by atoms with van der Waals surface area (Å²) in [6.45, 7) is 4.38. The highest BCUT2D eigenvalue weighted by Crippen LogP contribution is 2.50. The van der Waals surface area contributed by atoms with Crippen molar-refractivity contribution >= 4 is 11.9 Å². The third-order valence-corrected chi connectivity index (χ3v) is 6.66. The highest BCUT2D eigenvalue weighted by molar-refractivity contribution is 5.85. The lowest BCUT2D eigenvalue weighted by Crippen LogP contribution is -2.50. The van der Waals surface area contributed by atoms with Gasteiger partial charge in [0.25, 0.3) is 0 Å². The van der Waals surface area contributed by atoms with Gasteiger partial charge in [-0.25, -0.2) is 0 Å². The summed E-state index contributed by atoms with van der Waals surface area (Å²) in [7, 11) is 0. The van der Waals surface area contributed by atoms with Crippen molar-refractivity contribution in [3.63, 3.8) is 0 Å². The van der Waals surface area contributed by atoms with Crippen LogP contribution in [0.25, 0.3) is 0 Å². The zero-order chi connectivity index (χ0) is 18.3. The van der Waals surface area contributed by atoms with Crippen molar-refractivity contribution in [1.82, 2.24) is 0 Å². The lowest BCUT2D eigenvalue weighted by atomic mass is 9.58. The zero-order valence-corrected chi connectivity index (χ0v) is 16.1. The van der Waals surface area contributed by atoms with Crippen LogP contribution in [-0.2, 0) is 14.3 Å². The van der Waals surface area contributed by atoms with E-state index in [1.54, 1.807) is 0 Å². The number of hydrogen-bond donors (Lipinski definition) is 1. The molecule has 2 aliphatic rings. The number of carbonyl (C=O) groups excluding carboxylic acids is 1. The van der Waals surface area contributed by atoms with Gasteiger partial charge in [0.05, 0.1) is 17.9 Å². The highest BCUT2D eigenvalue weighted by atomic mass is 16.5. The molecule has 0 aromatic heterocycles. The number of esters is 1. The van der Waals surface area contributed by atoms with E-state index in [9.17, 15) is 14.7 Å². The van der Waals surface area contributed by atoms with Crippen LogP contribution >= 0.6 is 0 Å². The van der Waals surface area contributed by atoms with Crippen LogP contribution in [0.4, 0.5) is 0 Å². The number of hydrogen-bond acceptors (Lipinski definition) is 3. The van der Waals surface area contributed by atoms with Gasteiger partial charge in [-0.1, -0.05) is 51.9 Å². The second-order valence-corrected chi connectivity index (χ2v) is 8.32. The molecule has 0 saturated heterocycles. The quantitative estimate of drug-likeness (QED) is 0.482. The summed E-state index contributed by atoms with van der Waals surface area (Å²) in [6.07, 6.45) is 12.3. The van der Waals surface area contributed by atoms with Gasteiger partial charge < -0.3 is 9.84 Å². The lowest BCUT2D eigenvalue weighted by Gasteiger charge is -2.45. The van der Waals surface area contributed by atoms with E-state index in [0.29, 0.717) is 6.61 Å². The first-order valence-corrected chi connectivity index (χ1v) is 10.4. The van der Waals surface area contributed by atoms with E-state index in [4.69, 9.17) is 4.74 Å². The maximum Gasteiger partial charge on any atom is 0.312 e. The molecular weight excluding hydrogens is 316 g/mol. The Hall–Kier alpha value is -1.06. The van der Waals surface area contributed by atoms with Crippen LogP contribution in [0, 0.1) is 23.2 Å². The van der Waals surface area contributed by atoms with E-state index >= 15 is 0 Å². The molecule has 0 unspecified atom stereocenters. The van der Waals surface area contributed by atoms with E-state index in [1.165, 1.54) is 12.8 Å². The average molecular weight is 353 g/mol. The van der Waals surface area contributed by atoms with Gasteiger partial charge in [-0.05, 0) is 50.9 Å². The number of carboxylic acid groups (broad SMARTS) is 1. The minimum atomic E-state index is -0.887. The molecule has 0 radical (unpaired) electrons. The van der Waals surface area contributed by atoms with Crippen molar-refractivity contribution in [3.8, 4) is 0 Å². The minimum Gasteiger partial charge on any atom is -0.481 e. The lowest BCUT2D eigenvalue weighted by molar-refractivity contribution is -0.176. The minimum absolute atomic E-state index is 0.108. The Morgan fingerprint density at radius 2 is 1.60 bits per heavy atom. The van der Waals surface area contributed by atoms with Crippen molar-refractivity contribution < 1.29 is 19.4 Å². The van der Waals surface area contributed by atoms with Gasteiger partial charge in [-0.3, -0.25) is 9.59 Å². The summed E-state index contributed by atoms with van der Waals surface area (Å²) in [6, 6.07) is 0. The smallest absolute Gasteiger partial charge is 0.312 e. The van der Waals surface area contributed by atoms with Crippen molar-refractivity contribution in [2.45, 2.75) is 90.9 Å². The molecule has 2 rings (SSSR count). The van der Waals surface area contributed by atoms with Gasteiger partial charge in [0.15, 0.2) is 0 Å². The number of aliphatic carboxylic acids is 1. The van der Waals surface area contributed by atoms with Gasteiger partial charge in [-0.15, -0.1) is 0 Å². The Kier molecular flexibility index (Phi) is 7.77. The van der Waals surface area contributed by atoms with E-state index in [-0.39, 0.29) is 17.8 Å². The Labute approximate surface area is 152 Å². The number of carboxylic acids is 1. The van der Waals surface area contributed by atoms with Crippen molar-refractivity contribution in [1.29, 1.82) is 0 Å². The molecule has 2 saturated carbocycles. The van der Waals surface area contributed by atoms with Crippen LogP contribution in [0.1, 0.15) is 90.9 Å². The van der Waals surface area contributed by atoms with Crippen LogP contribution in [0.2, 0.25) is 0 Å². The predicted molar refractivity (Wildman–Crippen MR) is 98.2 cm³/mol. The van der Waals surface area contributed by atoms with Crippen molar-refractivity contribution in [2.75, 3.05) is 6.61 Å². The summed E-state index contributed by atoms with van der Waals surface area (Å²) in [5, 5.41) is 10.1. The van der Waals surface area contributed by atoms with E-state index in [0.717, 1.165) is 64.2 Å². The summed E-state index contributed by atoms with van der Waals surface area (Å²) < 4.78 is 5.62. The Balaban J connectivity index is 2.28. The van der Waals surface area contributed by atoms with Gasteiger partial charge in [-0.2, -0.15) is 0 Å². The van der Waals surface area contributed by atoms with E-state index in [1.807, 2.05) is 6.92 Å². The van der Waals surface area contributed by atoms with Crippen LogP contribution in [0.3, 0.4) is 0 Å². The fraction of sp³-hybridized carbons (Fsp3) is 0.905. The second kappa shape index (κ2) is 9.59. The first-order chi connectivity index (χ1) is 12.0. The Bertz CT molecular complexity index is 435. The second-order valence-electron chi connectivity index (χ2n) is 8.32. The molecule has 2 aliphatic carbocycles. The Morgan fingerprint density at radius 3 is 2.12 bits per heavy atom. The molecule has 1 N–H and O–H groups in total. The molecule has 0 aromatic carbocycles. The van der Waals surface area contributed by atoms with Crippen molar-refractivity contribution in [2.24, 2.45) is 23.2 Å². The van der Waals surface area contributed by atoms with Gasteiger partial charge in [0.1, 0.15) is 0 Å². The Morgan fingerprint density at radius 1 is 1.04 bits per heavy atom. The predicted octanol–water partition coefficient (Wildman–Crippen LogP) is 5.20. The fourth-order valence-corrected chi connectivity index (χ4v) is 5.13. The molecule has 144 valence electrons. The number of ether oxygens (including phenoxy) is 1. The molecule has 25 heavy (non-hydrogen) atoms. The molecule has 2 fully saturated rings. The number of rotatable bonds is 8. The zero-order valence-electron chi connectivity index (χ0n) is 16.1. The summed E-state index contributed by atoms with van der Waals surface area (Å²) >= 11 is 0. The van der Waals surface area contributed by atoms with Gasteiger partial charge in [0.2, 0.25) is 0 Å². The number of unbranched alkanes of at least 4 members (excludes halogenated alkanes) is 1. The van der Waals surface area contributed by atoms with Crippen LogP contribution in [-0.4, -0.2) is 23.7 Å². The fourth-order valence-electron chi connectivity index (χ4n) is 5.13. The monoisotopic (exact) mass is 352 g/mol. The van der Waals surface area contributed by atoms with E-state index in [2.05, 4.69) is 6.92 Å². The summed E-state index contributed by atoms with van der Waals surface area (Å²) in [5.41, 5.74) is -0.887. The van der Waals surface area contributed by atoms with Crippen LogP contribution in [0.5, 0.6) is 0 Å². The molecule has 4 heteroatoms. The van der Waals surface area contributed by atoms with Gasteiger partial charge in [0, 0.05) is 0 Å². The molecule has 4 nitrogen and oxygen atoms in total. The largest absolute Gasteiger partial charge is 0.481 e. The molecule has 0 aliphatic heterocycles. The standard InChI is InChI=1S/C21H36O4/c1-3-4-15-25-20(24)21(2,17-13-9-6-10-14-17)18(19(22)23)16-11-7-5-8-12-16/h16-18H,3-15H2,1-2H3,(H,22,23)/t18-,21-/m1/s1. The third kappa shape index (κ3) is 4.77.